The van der Waals surface area contributed by atoms with E-state index in [0.717, 1.165) is 11.1 Å². The maximum Gasteiger partial charge on any atom is 0.339 e. The van der Waals surface area contributed by atoms with Crippen molar-refractivity contribution >= 4 is 11.9 Å². The Balaban J connectivity index is 2.11. The van der Waals surface area contributed by atoms with E-state index >= 15 is 0 Å². The summed E-state index contributed by atoms with van der Waals surface area (Å²) in [7, 11) is 2.54. The quantitative estimate of drug-likeness (QED) is 0.593. The van der Waals surface area contributed by atoms with Gasteiger partial charge in [0.2, 0.25) is 0 Å². The van der Waals surface area contributed by atoms with Gasteiger partial charge in [-0.25, -0.2) is 9.59 Å². The largest absolute Gasteiger partial charge is 0.489 e. The first-order valence-corrected chi connectivity index (χ1v) is 8.71. The molecule has 0 aromatic heterocycles. The van der Waals surface area contributed by atoms with Gasteiger partial charge in [-0.2, -0.15) is 0 Å². The third kappa shape index (κ3) is 4.20. The molecule has 28 heavy (non-hydrogen) atoms. The maximum atomic E-state index is 12.5. The van der Waals surface area contributed by atoms with Crippen molar-refractivity contribution in [1.82, 2.24) is 0 Å². The second kappa shape index (κ2) is 8.86. The minimum atomic E-state index is -0.636. The van der Waals surface area contributed by atoms with Crippen molar-refractivity contribution in [2.75, 3.05) is 14.2 Å². The van der Waals surface area contributed by atoms with Crippen LogP contribution in [-0.2, 0) is 16.1 Å². The first kappa shape index (κ1) is 19.2. The molecule has 0 aliphatic carbocycles. The predicted octanol–water partition coefficient (Wildman–Crippen LogP) is 4.51. The Bertz CT molecular complexity index is 965. The molecule has 5 heteroatoms. The average molecular weight is 376 g/mol. The summed E-state index contributed by atoms with van der Waals surface area (Å²) in [6.45, 7) is 0.327. The van der Waals surface area contributed by atoms with Crippen LogP contribution in [0.25, 0.3) is 11.1 Å². The summed E-state index contributed by atoms with van der Waals surface area (Å²) in [4.78, 5) is 24.8. The minimum absolute atomic E-state index is 0.0961. The van der Waals surface area contributed by atoms with Crippen molar-refractivity contribution in [2.45, 2.75) is 6.61 Å². The Morgan fingerprint density at radius 2 is 1.39 bits per heavy atom. The van der Waals surface area contributed by atoms with E-state index in [4.69, 9.17) is 14.2 Å². The second-order valence-corrected chi connectivity index (χ2v) is 6.02. The van der Waals surface area contributed by atoms with Crippen LogP contribution < -0.4 is 4.74 Å². The fourth-order valence-electron chi connectivity index (χ4n) is 2.88. The third-order valence-corrected chi connectivity index (χ3v) is 4.24. The predicted molar refractivity (Wildman–Crippen MR) is 105 cm³/mol. The van der Waals surface area contributed by atoms with Crippen LogP contribution in [0.15, 0.2) is 72.8 Å². The molecule has 0 bridgehead atoms. The molecule has 0 unspecified atom stereocenters. The van der Waals surface area contributed by atoms with E-state index in [1.165, 1.54) is 20.3 Å². The summed E-state index contributed by atoms with van der Waals surface area (Å²) in [5.74, 6) is -0.799. The van der Waals surface area contributed by atoms with E-state index in [9.17, 15) is 9.59 Å². The van der Waals surface area contributed by atoms with Crippen LogP contribution in [0.4, 0.5) is 0 Å². The third-order valence-electron chi connectivity index (χ3n) is 4.24. The SMILES string of the molecule is COC(=O)c1cc(OCc2ccccc2)cc(-c2ccccc2)c1C(=O)OC. The molecule has 3 aromatic rings. The van der Waals surface area contributed by atoms with Crippen LogP contribution in [0.2, 0.25) is 0 Å². The molecule has 0 aliphatic rings. The summed E-state index contributed by atoms with van der Waals surface area (Å²) in [6.07, 6.45) is 0. The zero-order valence-electron chi connectivity index (χ0n) is 15.7. The summed E-state index contributed by atoms with van der Waals surface area (Å²) >= 11 is 0. The van der Waals surface area contributed by atoms with Crippen molar-refractivity contribution in [1.29, 1.82) is 0 Å². The van der Waals surface area contributed by atoms with Gasteiger partial charge >= 0.3 is 11.9 Å². The normalized spacial score (nSPS) is 10.2. The fraction of sp³-hybridized carbons (Fsp3) is 0.130. The van der Waals surface area contributed by atoms with E-state index in [1.54, 1.807) is 6.07 Å². The highest BCUT2D eigenvalue weighted by atomic mass is 16.5. The molecule has 142 valence electrons. The Labute approximate surface area is 163 Å². The van der Waals surface area contributed by atoms with Gasteiger partial charge in [0, 0.05) is 5.56 Å². The maximum absolute atomic E-state index is 12.5. The average Bonchev–Trinajstić information content (AvgIpc) is 2.77. The standard InChI is InChI=1S/C23H20O5/c1-26-22(24)20-14-18(28-15-16-9-5-3-6-10-16)13-19(21(20)23(25)27-2)17-11-7-4-8-12-17/h3-14H,15H2,1-2H3. The summed E-state index contributed by atoms with van der Waals surface area (Å²) in [6, 6.07) is 22.2. The number of rotatable bonds is 6. The van der Waals surface area contributed by atoms with Gasteiger partial charge in [0.25, 0.3) is 0 Å². The van der Waals surface area contributed by atoms with Crippen LogP contribution in [0.5, 0.6) is 5.75 Å². The molecule has 0 saturated heterocycles. The van der Waals surface area contributed by atoms with Gasteiger partial charge in [-0.3, -0.25) is 0 Å². The summed E-state index contributed by atoms with van der Waals surface area (Å²) < 4.78 is 15.7. The van der Waals surface area contributed by atoms with Gasteiger partial charge in [-0.05, 0) is 23.3 Å². The number of ether oxygens (including phenoxy) is 3. The van der Waals surface area contributed by atoms with E-state index in [2.05, 4.69) is 0 Å². The lowest BCUT2D eigenvalue weighted by Crippen LogP contribution is -2.14. The van der Waals surface area contributed by atoms with Gasteiger partial charge in [-0.1, -0.05) is 60.7 Å². The van der Waals surface area contributed by atoms with E-state index in [0.29, 0.717) is 17.9 Å². The zero-order chi connectivity index (χ0) is 19.9. The van der Waals surface area contributed by atoms with Gasteiger partial charge in [0.1, 0.15) is 12.4 Å². The molecule has 0 heterocycles. The van der Waals surface area contributed by atoms with Crippen molar-refractivity contribution in [3.63, 3.8) is 0 Å². The lowest BCUT2D eigenvalue weighted by atomic mass is 9.94. The minimum Gasteiger partial charge on any atom is -0.489 e. The Morgan fingerprint density at radius 1 is 0.786 bits per heavy atom. The van der Waals surface area contributed by atoms with Gasteiger partial charge in [0.05, 0.1) is 25.3 Å². The highest BCUT2D eigenvalue weighted by molar-refractivity contribution is 6.08. The first-order chi connectivity index (χ1) is 13.6. The van der Waals surface area contributed by atoms with Crippen LogP contribution in [0.3, 0.4) is 0 Å². The van der Waals surface area contributed by atoms with Gasteiger partial charge < -0.3 is 14.2 Å². The monoisotopic (exact) mass is 376 g/mol. The van der Waals surface area contributed by atoms with E-state index in [-0.39, 0.29) is 11.1 Å². The first-order valence-electron chi connectivity index (χ1n) is 8.71. The van der Waals surface area contributed by atoms with Crippen LogP contribution in [0.1, 0.15) is 26.3 Å². The lowest BCUT2D eigenvalue weighted by Gasteiger charge is -2.15. The fourth-order valence-corrected chi connectivity index (χ4v) is 2.88. The molecule has 0 spiro atoms. The molecule has 0 N–H and O–H groups in total. The molecule has 0 saturated carbocycles. The molecule has 0 aliphatic heterocycles. The molecule has 0 atom stereocenters. The Morgan fingerprint density at radius 3 is 2.00 bits per heavy atom. The van der Waals surface area contributed by atoms with Crippen molar-refractivity contribution in [3.05, 3.63) is 89.5 Å². The van der Waals surface area contributed by atoms with E-state index in [1.807, 2.05) is 60.7 Å². The summed E-state index contributed by atoms with van der Waals surface area (Å²) in [5, 5.41) is 0. The highest BCUT2D eigenvalue weighted by Gasteiger charge is 2.25. The molecule has 3 aromatic carbocycles. The van der Waals surface area contributed by atoms with Crippen molar-refractivity contribution < 1.29 is 23.8 Å². The Hall–Kier alpha value is -3.60. The number of carbonyl (C=O) groups is 2. The van der Waals surface area contributed by atoms with E-state index < -0.39 is 11.9 Å². The van der Waals surface area contributed by atoms with Crippen LogP contribution in [-0.4, -0.2) is 26.2 Å². The summed E-state index contributed by atoms with van der Waals surface area (Å²) in [5.41, 5.74) is 2.53. The number of hydrogen-bond donors (Lipinski definition) is 0. The molecule has 3 rings (SSSR count). The number of carbonyl (C=O) groups excluding carboxylic acids is 2. The Kier molecular flexibility index (Phi) is 6.07. The van der Waals surface area contributed by atoms with Gasteiger partial charge in [0.15, 0.2) is 0 Å². The zero-order valence-corrected chi connectivity index (χ0v) is 15.7. The number of benzene rings is 3. The number of methoxy groups -OCH3 is 2. The molecule has 5 nitrogen and oxygen atoms in total. The van der Waals surface area contributed by atoms with Crippen molar-refractivity contribution in [3.8, 4) is 16.9 Å². The number of hydrogen-bond acceptors (Lipinski definition) is 5. The molecule has 0 amide bonds. The molecule has 0 radical (unpaired) electrons. The highest BCUT2D eigenvalue weighted by Crippen LogP contribution is 2.32. The molecular weight excluding hydrogens is 356 g/mol. The smallest absolute Gasteiger partial charge is 0.339 e. The van der Waals surface area contributed by atoms with Crippen LogP contribution >= 0.6 is 0 Å². The lowest BCUT2D eigenvalue weighted by molar-refractivity contribution is 0.0555. The topological polar surface area (TPSA) is 61.8 Å². The molecule has 0 fully saturated rings. The van der Waals surface area contributed by atoms with Gasteiger partial charge in [-0.15, -0.1) is 0 Å². The van der Waals surface area contributed by atoms with Crippen molar-refractivity contribution in [2.24, 2.45) is 0 Å². The number of esters is 2. The molecular formula is C23H20O5. The van der Waals surface area contributed by atoms with Crippen LogP contribution in [0, 0.1) is 0 Å². The second-order valence-electron chi connectivity index (χ2n) is 6.02.